The largest absolute Gasteiger partial charge is 0.490 e. The van der Waals surface area contributed by atoms with Crippen LogP contribution >= 0.6 is 0 Å². The van der Waals surface area contributed by atoms with Crippen molar-refractivity contribution in [3.8, 4) is 11.5 Å². The molecule has 0 saturated carbocycles. The number of aryl methyl sites for hydroxylation is 2. The Balaban J connectivity index is 1.59. The van der Waals surface area contributed by atoms with E-state index in [4.69, 9.17) is 9.47 Å². The van der Waals surface area contributed by atoms with Gasteiger partial charge in [0.2, 0.25) is 0 Å². The molecule has 2 aromatic carbocycles. The van der Waals surface area contributed by atoms with Gasteiger partial charge in [-0.1, -0.05) is 37.3 Å². The first-order chi connectivity index (χ1) is 11.3. The summed E-state index contributed by atoms with van der Waals surface area (Å²) in [6, 6.07) is 18.2. The van der Waals surface area contributed by atoms with Crippen molar-refractivity contribution in [2.24, 2.45) is 0 Å². The fraction of sp³-hybridized carbons (Fsp3) is 0.250. The maximum atomic E-state index is 5.85. The number of fused-ring (bicyclic) bond motifs is 1. The summed E-state index contributed by atoms with van der Waals surface area (Å²) in [6.07, 6.45) is 1.04. The summed E-state index contributed by atoms with van der Waals surface area (Å²) in [5, 5.41) is 1.09. The maximum absolute atomic E-state index is 5.85. The zero-order chi connectivity index (χ0) is 16.1. The zero-order valence-corrected chi connectivity index (χ0v) is 13.6. The molecular weight excluding hydrogens is 286 g/mol. The predicted octanol–water partition coefficient (Wildman–Crippen LogP) is 4.56. The molecule has 0 bridgehead atoms. The molecule has 0 amide bonds. The fourth-order valence-electron chi connectivity index (χ4n) is 2.47. The molecule has 1 aromatic heterocycles. The molecule has 0 atom stereocenters. The van der Waals surface area contributed by atoms with Gasteiger partial charge in [-0.25, -0.2) is 4.98 Å². The van der Waals surface area contributed by atoms with Gasteiger partial charge in [-0.15, -0.1) is 0 Å². The second-order valence-corrected chi connectivity index (χ2v) is 5.47. The van der Waals surface area contributed by atoms with Crippen LogP contribution in [0.5, 0.6) is 11.5 Å². The summed E-state index contributed by atoms with van der Waals surface area (Å²) < 4.78 is 11.6. The lowest BCUT2D eigenvalue weighted by atomic mass is 10.2. The Morgan fingerprint density at radius 2 is 1.65 bits per heavy atom. The molecule has 23 heavy (non-hydrogen) atoms. The third-order valence-electron chi connectivity index (χ3n) is 3.76. The van der Waals surface area contributed by atoms with Crippen LogP contribution in [0.15, 0.2) is 54.6 Å². The van der Waals surface area contributed by atoms with Gasteiger partial charge in [0.1, 0.15) is 30.2 Å². The number of pyridine rings is 1. The molecule has 3 nitrogen and oxygen atoms in total. The Morgan fingerprint density at radius 1 is 0.870 bits per heavy atom. The first-order valence-corrected chi connectivity index (χ1v) is 7.97. The summed E-state index contributed by atoms with van der Waals surface area (Å²) in [6.45, 7) is 5.13. The number of rotatable bonds is 6. The number of hydrogen-bond acceptors (Lipinski definition) is 3. The molecule has 3 aromatic rings. The topological polar surface area (TPSA) is 31.4 Å². The summed E-state index contributed by atoms with van der Waals surface area (Å²) in [4.78, 5) is 4.57. The van der Waals surface area contributed by atoms with Crippen LogP contribution in [-0.2, 0) is 6.42 Å². The van der Waals surface area contributed by atoms with Gasteiger partial charge in [-0.2, -0.15) is 0 Å². The lowest BCUT2D eigenvalue weighted by molar-refractivity contribution is 0.218. The van der Waals surface area contributed by atoms with Crippen molar-refractivity contribution < 1.29 is 9.47 Å². The average molecular weight is 307 g/mol. The van der Waals surface area contributed by atoms with Gasteiger partial charge < -0.3 is 9.47 Å². The van der Waals surface area contributed by atoms with Crippen LogP contribution in [0.2, 0.25) is 0 Å². The van der Waals surface area contributed by atoms with Crippen molar-refractivity contribution in [3.05, 3.63) is 65.9 Å². The molecule has 0 aliphatic rings. The Morgan fingerprint density at radius 3 is 2.43 bits per heavy atom. The highest BCUT2D eigenvalue weighted by molar-refractivity contribution is 5.84. The Hall–Kier alpha value is -2.55. The van der Waals surface area contributed by atoms with Gasteiger partial charge in [0.25, 0.3) is 0 Å². The first kappa shape index (κ1) is 15.3. The summed E-state index contributed by atoms with van der Waals surface area (Å²) in [5.74, 6) is 1.67. The Labute approximate surface area is 136 Å². The number of hydrogen-bond donors (Lipinski definition) is 0. The molecule has 0 spiro atoms. The van der Waals surface area contributed by atoms with Gasteiger partial charge in [0, 0.05) is 11.1 Å². The minimum Gasteiger partial charge on any atom is -0.490 e. The molecule has 3 rings (SSSR count). The summed E-state index contributed by atoms with van der Waals surface area (Å²) in [7, 11) is 0. The van der Waals surface area contributed by atoms with E-state index in [2.05, 4.69) is 30.1 Å². The van der Waals surface area contributed by atoms with E-state index in [-0.39, 0.29) is 0 Å². The molecule has 0 aliphatic carbocycles. The molecular formula is C20H21NO2. The lowest BCUT2D eigenvalue weighted by Gasteiger charge is -2.10. The van der Waals surface area contributed by atoms with E-state index < -0.39 is 0 Å². The van der Waals surface area contributed by atoms with Crippen molar-refractivity contribution in [1.29, 1.82) is 0 Å². The van der Waals surface area contributed by atoms with Gasteiger partial charge in [-0.05, 0) is 43.2 Å². The van der Waals surface area contributed by atoms with Gasteiger partial charge >= 0.3 is 0 Å². The number of ether oxygens (including phenoxy) is 2. The highest BCUT2D eigenvalue weighted by Crippen LogP contribution is 2.23. The lowest BCUT2D eigenvalue weighted by Crippen LogP contribution is -2.09. The van der Waals surface area contributed by atoms with E-state index in [1.54, 1.807) is 0 Å². The SMILES string of the molecule is CCc1ccc(OCCOc2cccc3ccc(C)nc23)cc1. The van der Waals surface area contributed by atoms with E-state index >= 15 is 0 Å². The third kappa shape index (κ3) is 3.81. The Kier molecular flexibility index (Phi) is 4.77. The van der Waals surface area contributed by atoms with Crippen LogP contribution in [0.3, 0.4) is 0 Å². The van der Waals surface area contributed by atoms with Crippen LogP contribution in [0, 0.1) is 6.92 Å². The van der Waals surface area contributed by atoms with Crippen LogP contribution in [-0.4, -0.2) is 18.2 Å². The minimum absolute atomic E-state index is 0.490. The van der Waals surface area contributed by atoms with Crippen LogP contribution < -0.4 is 9.47 Å². The van der Waals surface area contributed by atoms with E-state index in [1.807, 2.05) is 43.3 Å². The number of para-hydroxylation sites is 1. The van der Waals surface area contributed by atoms with Crippen molar-refractivity contribution in [3.63, 3.8) is 0 Å². The number of benzene rings is 2. The second kappa shape index (κ2) is 7.14. The van der Waals surface area contributed by atoms with E-state index in [1.165, 1.54) is 5.56 Å². The maximum Gasteiger partial charge on any atom is 0.145 e. The van der Waals surface area contributed by atoms with Crippen molar-refractivity contribution in [2.75, 3.05) is 13.2 Å². The van der Waals surface area contributed by atoms with Crippen molar-refractivity contribution in [1.82, 2.24) is 4.98 Å². The molecule has 1 heterocycles. The van der Waals surface area contributed by atoms with Crippen LogP contribution in [0.25, 0.3) is 10.9 Å². The van der Waals surface area contributed by atoms with E-state index in [0.29, 0.717) is 13.2 Å². The normalized spacial score (nSPS) is 10.7. The predicted molar refractivity (Wildman–Crippen MR) is 93.3 cm³/mol. The highest BCUT2D eigenvalue weighted by Gasteiger charge is 2.04. The third-order valence-corrected chi connectivity index (χ3v) is 3.76. The molecule has 118 valence electrons. The molecule has 0 unspecified atom stereocenters. The highest BCUT2D eigenvalue weighted by atomic mass is 16.5. The van der Waals surface area contributed by atoms with Gasteiger partial charge in [-0.3, -0.25) is 0 Å². The molecule has 0 aliphatic heterocycles. The van der Waals surface area contributed by atoms with Crippen LogP contribution in [0.4, 0.5) is 0 Å². The van der Waals surface area contributed by atoms with Gasteiger partial charge in [0.05, 0.1) is 0 Å². The molecule has 0 saturated heterocycles. The molecule has 0 radical (unpaired) electrons. The van der Waals surface area contributed by atoms with E-state index in [9.17, 15) is 0 Å². The minimum atomic E-state index is 0.490. The fourth-order valence-corrected chi connectivity index (χ4v) is 2.47. The molecule has 0 fully saturated rings. The second-order valence-electron chi connectivity index (χ2n) is 5.47. The quantitative estimate of drug-likeness (QED) is 0.625. The Bertz CT molecular complexity index is 781. The zero-order valence-electron chi connectivity index (χ0n) is 13.6. The smallest absolute Gasteiger partial charge is 0.145 e. The molecule has 3 heteroatoms. The van der Waals surface area contributed by atoms with Crippen LogP contribution in [0.1, 0.15) is 18.2 Å². The van der Waals surface area contributed by atoms with Crippen molar-refractivity contribution in [2.45, 2.75) is 20.3 Å². The monoisotopic (exact) mass is 307 g/mol. The first-order valence-electron chi connectivity index (χ1n) is 7.97. The van der Waals surface area contributed by atoms with Crippen molar-refractivity contribution >= 4 is 10.9 Å². The average Bonchev–Trinajstić information content (AvgIpc) is 2.59. The van der Waals surface area contributed by atoms with E-state index in [0.717, 1.165) is 34.5 Å². The summed E-state index contributed by atoms with van der Waals surface area (Å²) >= 11 is 0. The molecule has 0 N–H and O–H groups in total. The standard InChI is InChI=1S/C20H21NO2/c1-3-16-8-11-18(12-9-16)22-13-14-23-19-6-4-5-17-10-7-15(2)21-20(17)19/h4-12H,3,13-14H2,1-2H3. The summed E-state index contributed by atoms with van der Waals surface area (Å²) in [5.41, 5.74) is 3.20. The number of nitrogens with zero attached hydrogens (tertiary/aromatic N) is 1. The number of aromatic nitrogens is 1. The van der Waals surface area contributed by atoms with Gasteiger partial charge in [0.15, 0.2) is 0 Å².